The number of alkyl halides is 2. The molecule has 114 valence electrons. The molecule has 0 heterocycles. The quantitative estimate of drug-likeness (QED) is 0.911. The Morgan fingerprint density at radius 2 is 1.59 bits per heavy atom. The molecule has 0 fully saturated rings. The van der Waals surface area contributed by atoms with Crippen LogP contribution in [0.25, 0.3) is 0 Å². The van der Waals surface area contributed by atoms with Gasteiger partial charge in [-0.25, -0.2) is 4.79 Å². The van der Waals surface area contributed by atoms with Gasteiger partial charge in [-0.1, -0.05) is 30.3 Å². The van der Waals surface area contributed by atoms with E-state index in [9.17, 15) is 18.4 Å². The average Bonchev–Trinajstić information content (AvgIpc) is 2.49. The van der Waals surface area contributed by atoms with E-state index in [2.05, 4.69) is 15.4 Å². The van der Waals surface area contributed by atoms with Gasteiger partial charge in [-0.05, 0) is 24.3 Å². The van der Waals surface area contributed by atoms with E-state index < -0.39 is 18.5 Å². The number of halogens is 2. The third-order valence-electron chi connectivity index (χ3n) is 2.61. The van der Waals surface area contributed by atoms with Crippen LogP contribution in [0.15, 0.2) is 54.6 Å². The molecular weight excluding hydrogens is 294 g/mol. The maximum absolute atomic E-state index is 12.3. The zero-order valence-corrected chi connectivity index (χ0v) is 11.3. The average molecular weight is 306 g/mol. The fraction of sp³-hybridized carbons (Fsp3) is 0.0667. The number of hydrogen-bond donors (Lipinski definition) is 2. The lowest BCUT2D eigenvalue weighted by atomic mass is 10.2. The summed E-state index contributed by atoms with van der Waals surface area (Å²) < 4.78 is 28.8. The van der Waals surface area contributed by atoms with Crippen molar-refractivity contribution in [3.05, 3.63) is 60.2 Å². The Labute approximate surface area is 124 Å². The number of hydrogen-bond acceptors (Lipinski definition) is 3. The van der Waals surface area contributed by atoms with Crippen LogP contribution in [0.1, 0.15) is 10.4 Å². The molecule has 0 aliphatic carbocycles. The monoisotopic (exact) mass is 306 g/mol. The van der Waals surface area contributed by atoms with Crippen LogP contribution in [-0.2, 0) is 0 Å². The van der Waals surface area contributed by atoms with Gasteiger partial charge in [0.2, 0.25) is 0 Å². The van der Waals surface area contributed by atoms with Crippen LogP contribution >= 0.6 is 0 Å². The molecule has 5 nitrogen and oxygen atoms in total. The van der Waals surface area contributed by atoms with Crippen molar-refractivity contribution in [3.63, 3.8) is 0 Å². The van der Waals surface area contributed by atoms with Gasteiger partial charge in [0.1, 0.15) is 5.75 Å². The first-order valence-corrected chi connectivity index (χ1v) is 6.27. The highest BCUT2D eigenvalue weighted by molar-refractivity contribution is 6.08. The lowest BCUT2D eigenvalue weighted by Crippen LogP contribution is -2.34. The number of carbonyl (C=O) groups is 2. The second kappa shape index (κ2) is 7.16. The molecule has 0 aliphatic rings. The number of benzene rings is 2. The molecule has 0 spiro atoms. The minimum absolute atomic E-state index is 0.0289. The molecule has 2 rings (SSSR count). The number of rotatable bonds is 4. The maximum atomic E-state index is 12.3. The number of carbonyl (C=O) groups excluding carboxylic acids is 2. The minimum Gasteiger partial charge on any atom is -0.433 e. The van der Waals surface area contributed by atoms with Gasteiger partial charge in [0, 0.05) is 5.56 Å². The summed E-state index contributed by atoms with van der Waals surface area (Å²) in [6.07, 6.45) is 0. The molecule has 0 bridgehead atoms. The number of amides is 3. The third-order valence-corrected chi connectivity index (χ3v) is 2.61. The number of ether oxygens (including phenoxy) is 1. The van der Waals surface area contributed by atoms with Crippen molar-refractivity contribution in [2.24, 2.45) is 0 Å². The summed E-state index contributed by atoms with van der Waals surface area (Å²) in [5, 5.41) is 4.38. The van der Waals surface area contributed by atoms with Crippen molar-refractivity contribution in [2.45, 2.75) is 6.61 Å². The summed E-state index contributed by atoms with van der Waals surface area (Å²) in [5.41, 5.74) is 0.330. The first-order valence-electron chi connectivity index (χ1n) is 6.27. The molecular formula is C15H12F2N2O3. The van der Waals surface area contributed by atoms with Gasteiger partial charge in [-0.15, -0.1) is 0 Å². The molecule has 2 N–H and O–H groups in total. The van der Waals surface area contributed by atoms with Crippen molar-refractivity contribution < 1.29 is 23.1 Å². The molecule has 0 radical (unpaired) electrons. The van der Waals surface area contributed by atoms with Gasteiger partial charge < -0.3 is 10.1 Å². The largest absolute Gasteiger partial charge is 0.433 e. The van der Waals surface area contributed by atoms with Gasteiger partial charge in [0.15, 0.2) is 0 Å². The Balaban J connectivity index is 2.02. The van der Waals surface area contributed by atoms with E-state index in [-0.39, 0.29) is 11.4 Å². The predicted molar refractivity (Wildman–Crippen MR) is 76.0 cm³/mol. The number of imide groups is 1. The van der Waals surface area contributed by atoms with Crippen molar-refractivity contribution in [3.8, 4) is 5.75 Å². The molecule has 0 atom stereocenters. The van der Waals surface area contributed by atoms with Crippen molar-refractivity contribution in [2.75, 3.05) is 5.32 Å². The Morgan fingerprint density at radius 3 is 2.27 bits per heavy atom. The van der Waals surface area contributed by atoms with Crippen LogP contribution in [-0.4, -0.2) is 18.5 Å². The molecule has 22 heavy (non-hydrogen) atoms. The fourth-order valence-corrected chi connectivity index (χ4v) is 1.69. The van der Waals surface area contributed by atoms with Crippen molar-refractivity contribution in [1.82, 2.24) is 5.32 Å². The van der Waals surface area contributed by atoms with Gasteiger partial charge in [-0.3, -0.25) is 10.1 Å². The Bertz CT molecular complexity index is 663. The molecule has 3 amide bonds. The van der Waals surface area contributed by atoms with Gasteiger partial charge in [-0.2, -0.15) is 8.78 Å². The highest BCUT2D eigenvalue weighted by atomic mass is 19.3. The van der Waals surface area contributed by atoms with Gasteiger partial charge in [0.25, 0.3) is 5.91 Å². The second-order valence-electron chi connectivity index (χ2n) is 4.15. The topological polar surface area (TPSA) is 67.4 Å². The van der Waals surface area contributed by atoms with Crippen LogP contribution in [0, 0.1) is 0 Å². The smallest absolute Gasteiger partial charge is 0.387 e. The van der Waals surface area contributed by atoms with Crippen LogP contribution in [0.3, 0.4) is 0 Å². The number of nitrogens with one attached hydrogen (secondary N) is 2. The Morgan fingerprint density at radius 1 is 0.955 bits per heavy atom. The van der Waals surface area contributed by atoms with E-state index >= 15 is 0 Å². The van der Waals surface area contributed by atoms with Gasteiger partial charge in [0.05, 0.1) is 5.69 Å². The molecule has 0 saturated heterocycles. The van der Waals surface area contributed by atoms with Crippen LogP contribution in [0.2, 0.25) is 0 Å². The maximum Gasteiger partial charge on any atom is 0.387 e. The minimum atomic E-state index is -3.02. The molecule has 2 aromatic carbocycles. The lowest BCUT2D eigenvalue weighted by molar-refractivity contribution is -0.0493. The molecule has 2 aromatic rings. The first-order chi connectivity index (χ1) is 10.6. The fourth-order valence-electron chi connectivity index (χ4n) is 1.69. The van der Waals surface area contributed by atoms with Crippen molar-refractivity contribution >= 4 is 17.6 Å². The van der Waals surface area contributed by atoms with Crippen LogP contribution in [0.4, 0.5) is 19.3 Å². The number of para-hydroxylation sites is 2. The zero-order valence-electron chi connectivity index (χ0n) is 11.3. The van der Waals surface area contributed by atoms with E-state index in [1.807, 2.05) is 0 Å². The Kier molecular flexibility index (Phi) is 5.02. The van der Waals surface area contributed by atoms with E-state index in [1.54, 1.807) is 18.2 Å². The lowest BCUT2D eigenvalue weighted by Gasteiger charge is -2.11. The zero-order chi connectivity index (χ0) is 15.9. The van der Waals surface area contributed by atoms with Crippen LogP contribution < -0.4 is 15.4 Å². The SMILES string of the molecule is O=C(NC(=O)c1ccccc1)Nc1ccccc1OC(F)F. The number of anilines is 1. The van der Waals surface area contributed by atoms with E-state index in [4.69, 9.17) is 0 Å². The third kappa shape index (κ3) is 4.27. The first kappa shape index (κ1) is 15.4. The molecule has 0 unspecified atom stereocenters. The molecule has 7 heteroatoms. The summed E-state index contributed by atoms with van der Waals surface area (Å²) >= 11 is 0. The van der Waals surface area contributed by atoms with E-state index in [1.165, 1.54) is 36.4 Å². The summed E-state index contributed by atoms with van der Waals surface area (Å²) in [6, 6.07) is 12.9. The van der Waals surface area contributed by atoms with Gasteiger partial charge >= 0.3 is 12.6 Å². The Hall–Kier alpha value is -2.96. The highest BCUT2D eigenvalue weighted by Crippen LogP contribution is 2.25. The standard InChI is InChI=1S/C15H12F2N2O3/c16-14(17)22-12-9-5-4-8-11(12)18-15(21)19-13(20)10-6-2-1-3-7-10/h1-9,14H,(H2,18,19,20,21). The van der Waals surface area contributed by atoms with E-state index in [0.717, 1.165) is 0 Å². The summed E-state index contributed by atoms with van der Waals surface area (Å²) in [7, 11) is 0. The van der Waals surface area contributed by atoms with Crippen LogP contribution in [0.5, 0.6) is 5.75 Å². The summed E-state index contributed by atoms with van der Waals surface area (Å²) in [5.74, 6) is -0.801. The molecule has 0 saturated carbocycles. The normalized spacial score (nSPS) is 10.1. The summed E-state index contributed by atoms with van der Waals surface area (Å²) in [6.45, 7) is -3.02. The predicted octanol–water partition coefficient (Wildman–Crippen LogP) is 3.25. The number of urea groups is 1. The molecule has 0 aliphatic heterocycles. The summed E-state index contributed by atoms with van der Waals surface area (Å²) in [4.78, 5) is 23.5. The molecule has 0 aromatic heterocycles. The second-order valence-corrected chi connectivity index (χ2v) is 4.15. The highest BCUT2D eigenvalue weighted by Gasteiger charge is 2.13. The van der Waals surface area contributed by atoms with E-state index in [0.29, 0.717) is 5.56 Å². The van der Waals surface area contributed by atoms with Crippen molar-refractivity contribution in [1.29, 1.82) is 0 Å².